The Morgan fingerprint density at radius 3 is 2.68 bits per heavy atom. The first-order valence-corrected chi connectivity index (χ1v) is 10.2. The lowest BCUT2D eigenvalue weighted by atomic mass is 10.0. The molecular weight excluding hydrogens is 352 g/mol. The molecular formula is C22H28N4O2. The Balaban J connectivity index is 1.40. The van der Waals surface area contributed by atoms with E-state index in [1.54, 1.807) is 0 Å². The van der Waals surface area contributed by atoms with Gasteiger partial charge >= 0.3 is 0 Å². The number of fused-ring (bicyclic) bond motifs is 1. The van der Waals surface area contributed by atoms with E-state index in [-0.39, 0.29) is 11.8 Å². The molecule has 148 valence electrons. The number of rotatable bonds is 6. The van der Waals surface area contributed by atoms with Crippen LogP contribution >= 0.6 is 0 Å². The van der Waals surface area contributed by atoms with Gasteiger partial charge in [-0.3, -0.25) is 14.3 Å². The van der Waals surface area contributed by atoms with Crippen molar-refractivity contribution in [2.75, 3.05) is 6.54 Å². The number of nitrogens with one attached hydrogen (secondary N) is 1. The second-order valence-corrected chi connectivity index (χ2v) is 8.07. The van der Waals surface area contributed by atoms with Gasteiger partial charge in [0, 0.05) is 56.7 Å². The average molecular weight is 380 g/mol. The van der Waals surface area contributed by atoms with Crippen LogP contribution in [0.25, 0.3) is 0 Å². The van der Waals surface area contributed by atoms with Crippen LogP contribution in [0.1, 0.15) is 47.3 Å². The predicted octanol–water partition coefficient (Wildman–Crippen LogP) is 2.07. The van der Waals surface area contributed by atoms with Crippen molar-refractivity contribution in [2.45, 2.75) is 58.0 Å². The molecule has 1 saturated carbocycles. The molecule has 28 heavy (non-hydrogen) atoms. The number of aryl methyl sites for hydroxylation is 3. The minimum absolute atomic E-state index is 0.102. The van der Waals surface area contributed by atoms with Gasteiger partial charge < -0.3 is 10.2 Å². The van der Waals surface area contributed by atoms with Crippen LogP contribution in [-0.2, 0) is 42.4 Å². The van der Waals surface area contributed by atoms with Gasteiger partial charge in [0.25, 0.3) is 0 Å². The van der Waals surface area contributed by atoms with Gasteiger partial charge in [0.1, 0.15) is 0 Å². The highest BCUT2D eigenvalue weighted by molar-refractivity contribution is 5.79. The van der Waals surface area contributed by atoms with Gasteiger partial charge in [-0.1, -0.05) is 29.8 Å². The highest BCUT2D eigenvalue weighted by atomic mass is 16.2. The van der Waals surface area contributed by atoms with Crippen molar-refractivity contribution >= 4 is 11.8 Å². The predicted molar refractivity (Wildman–Crippen MR) is 107 cm³/mol. The van der Waals surface area contributed by atoms with Crippen LogP contribution in [0.2, 0.25) is 0 Å². The fourth-order valence-electron chi connectivity index (χ4n) is 3.84. The fraction of sp³-hybridized carbons (Fsp3) is 0.500. The normalized spacial score (nSPS) is 16.0. The number of amides is 2. The van der Waals surface area contributed by atoms with E-state index in [0.29, 0.717) is 31.8 Å². The summed E-state index contributed by atoms with van der Waals surface area (Å²) in [5, 5.41) is 7.68. The summed E-state index contributed by atoms with van der Waals surface area (Å²) < 4.78 is 1.92. The zero-order valence-corrected chi connectivity index (χ0v) is 16.7. The third-order valence-electron chi connectivity index (χ3n) is 5.69. The van der Waals surface area contributed by atoms with Crippen molar-refractivity contribution < 1.29 is 9.59 Å². The molecule has 0 unspecified atom stereocenters. The van der Waals surface area contributed by atoms with Crippen LogP contribution in [-0.4, -0.2) is 39.1 Å². The molecule has 2 heterocycles. The van der Waals surface area contributed by atoms with Gasteiger partial charge in [0.15, 0.2) is 0 Å². The van der Waals surface area contributed by atoms with Crippen LogP contribution in [0.3, 0.4) is 0 Å². The van der Waals surface area contributed by atoms with Crippen LogP contribution in [0.15, 0.2) is 24.3 Å². The number of hydrogen-bond donors (Lipinski definition) is 1. The summed E-state index contributed by atoms with van der Waals surface area (Å²) in [4.78, 5) is 26.8. The van der Waals surface area contributed by atoms with Crippen LogP contribution in [0, 0.1) is 6.92 Å². The smallest absolute Gasteiger partial charge is 0.227 e. The van der Waals surface area contributed by atoms with E-state index in [9.17, 15) is 9.59 Å². The van der Waals surface area contributed by atoms with Crippen molar-refractivity contribution in [1.82, 2.24) is 20.0 Å². The molecule has 0 radical (unpaired) electrons. The van der Waals surface area contributed by atoms with Crippen molar-refractivity contribution in [3.05, 3.63) is 52.3 Å². The van der Waals surface area contributed by atoms with E-state index in [4.69, 9.17) is 0 Å². The van der Waals surface area contributed by atoms with E-state index in [1.807, 2.05) is 47.8 Å². The van der Waals surface area contributed by atoms with Crippen LogP contribution in [0.4, 0.5) is 0 Å². The molecule has 1 aromatic heterocycles. The number of benzene rings is 1. The largest absolute Gasteiger partial charge is 0.353 e. The van der Waals surface area contributed by atoms with Crippen molar-refractivity contribution in [1.29, 1.82) is 0 Å². The summed E-state index contributed by atoms with van der Waals surface area (Å²) in [6.07, 6.45) is 4.52. The lowest BCUT2D eigenvalue weighted by Crippen LogP contribution is -2.37. The molecule has 1 aliphatic carbocycles. The molecule has 1 aliphatic heterocycles. The Morgan fingerprint density at radius 2 is 1.96 bits per heavy atom. The topological polar surface area (TPSA) is 67.2 Å². The summed E-state index contributed by atoms with van der Waals surface area (Å²) in [5.41, 5.74) is 5.52. The van der Waals surface area contributed by atoms with Crippen LogP contribution in [0.5, 0.6) is 0 Å². The molecule has 1 N–H and O–H groups in total. The van der Waals surface area contributed by atoms with Gasteiger partial charge in [-0.15, -0.1) is 0 Å². The van der Waals surface area contributed by atoms with E-state index >= 15 is 0 Å². The van der Waals surface area contributed by atoms with Crippen molar-refractivity contribution in [3.8, 4) is 0 Å². The number of aromatic nitrogens is 2. The molecule has 6 nitrogen and oxygen atoms in total. The van der Waals surface area contributed by atoms with Gasteiger partial charge in [-0.25, -0.2) is 0 Å². The van der Waals surface area contributed by atoms with E-state index in [2.05, 4.69) is 10.4 Å². The fourth-order valence-corrected chi connectivity index (χ4v) is 3.84. The van der Waals surface area contributed by atoms with Crippen LogP contribution < -0.4 is 5.32 Å². The Labute approximate surface area is 165 Å². The Morgan fingerprint density at radius 1 is 1.21 bits per heavy atom. The maximum atomic E-state index is 12.8. The first-order valence-electron chi connectivity index (χ1n) is 10.2. The lowest BCUT2D eigenvalue weighted by Gasteiger charge is -2.28. The quantitative estimate of drug-likeness (QED) is 0.834. The molecule has 4 rings (SSSR count). The van der Waals surface area contributed by atoms with Crippen molar-refractivity contribution in [3.63, 3.8) is 0 Å². The standard InChI is InChI=1S/C22H28N4O2/c1-15-3-5-16(6-4-15)13-22(28)26-12-11-20-18(14-26)19(24-25(20)2)9-10-21(27)23-17-7-8-17/h3-6,17H,7-14H2,1-2H3,(H,23,27). The van der Waals surface area contributed by atoms with Crippen molar-refractivity contribution in [2.24, 2.45) is 7.05 Å². The highest BCUT2D eigenvalue weighted by Crippen LogP contribution is 2.24. The summed E-state index contributed by atoms with van der Waals surface area (Å²) in [6, 6.07) is 8.53. The molecule has 0 atom stereocenters. The molecule has 1 fully saturated rings. The zero-order valence-electron chi connectivity index (χ0n) is 16.7. The minimum atomic E-state index is 0.102. The molecule has 0 spiro atoms. The van der Waals surface area contributed by atoms with Gasteiger partial charge in [0.2, 0.25) is 11.8 Å². The molecule has 2 aliphatic rings. The maximum absolute atomic E-state index is 12.8. The molecule has 6 heteroatoms. The van der Waals surface area contributed by atoms with E-state index in [0.717, 1.165) is 42.6 Å². The summed E-state index contributed by atoms with van der Waals surface area (Å²) in [5.74, 6) is 0.251. The number of carbonyl (C=O) groups excluding carboxylic acids is 2. The highest BCUT2D eigenvalue weighted by Gasteiger charge is 2.27. The Hall–Kier alpha value is -2.63. The molecule has 1 aromatic carbocycles. The zero-order chi connectivity index (χ0) is 19.7. The second-order valence-electron chi connectivity index (χ2n) is 8.07. The van der Waals surface area contributed by atoms with E-state index < -0.39 is 0 Å². The number of nitrogens with zero attached hydrogens (tertiary/aromatic N) is 3. The minimum Gasteiger partial charge on any atom is -0.353 e. The summed E-state index contributed by atoms with van der Waals surface area (Å²) >= 11 is 0. The Bertz CT molecular complexity index is 881. The Kier molecular flexibility index (Phi) is 5.20. The SMILES string of the molecule is Cc1ccc(CC(=O)N2CCc3c(c(CCC(=O)NC4CC4)nn3C)C2)cc1. The molecule has 0 saturated heterocycles. The van der Waals surface area contributed by atoms with Gasteiger partial charge in [-0.05, 0) is 25.3 Å². The maximum Gasteiger partial charge on any atom is 0.227 e. The number of hydrogen-bond acceptors (Lipinski definition) is 3. The summed E-state index contributed by atoms with van der Waals surface area (Å²) in [7, 11) is 1.95. The third-order valence-corrected chi connectivity index (χ3v) is 5.69. The number of carbonyl (C=O) groups is 2. The summed E-state index contributed by atoms with van der Waals surface area (Å²) in [6.45, 7) is 3.36. The van der Waals surface area contributed by atoms with Gasteiger partial charge in [-0.2, -0.15) is 5.10 Å². The second kappa shape index (κ2) is 7.78. The monoisotopic (exact) mass is 380 g/mol. The molecule has 0 bridgehead atoms. The average Bonchev–Trinajstić information content (AvgIpc) is 3.44. The first-order chi connectivity index (χ1) is 13.5. The van der Waals surface area contributed by atoms with Gasteiger partial charge in [0.05, 0.1) is 12.1 Å². The third kappa shape index (κ3) is 4.26. The lowest BCUT2D eigenvalue weighted by molar-refractivity contribution is -0.131. The molecule has 2 amide bonds. The first kappa shape index (κ1) is 18.7. The van der Waals surface area contributed by atoms with E-state index in [1.165, 1.54) is 11.3 Å². The molecule has 2 aromatic rings.